The van der Waals surface area contributed by atoms with Crippen molar-refractivity contribution in [1.29, 1.82) is 0 Å². The summed E-state index contributed by atoms with van der Waals surface area (Å²) < 4.78 is 35.5. The molecule has 0 saturated carbocycles. The van der Waals surface area contributed by atoms with Gasteiger partial charge in [0.25, 0.3) is 0 Å². The molecule has 11 heteroatoms. The first-order valence-corrected chi connectivity index (χ1v) is 13.5. The van der Waals surface area contributed by atoms with Gasteiger partial charge in [-0.15, -0.1) is 0 Å². The van der Waals surface area contributed by atoms with E-state index in [1.165, 1.54) is 18.0 Å². The van der Waals surface area contributed by atoms with Crippen molar-refractivity contribution in [1.82, 2.24) is 14.5 Å². The zero-order valence-electron chi connectivity index (χ0n) is 22.3. The number of pyridine rings is 1. The molecule has 3 aromatic heterocycles. The third-order valence-electron chi connectivity index (χ3n) is 6.77. The minimum absolute atomic E-state index is 0.0463. The van der Waals surface area contributed by atoms with Gasteiger partial charge in [-0.1, -0.05) is 41.7 Å². The first kappa shape index (κ1) is 27.9. The predicted octanol–water partition coefficient (Wildman–Crippen LogP) is 6.11. The number of fused-ring (bicyclic) bond motifs is 1. The van der Waals surface area contributed by atoms with E-state index in [0.717, 1.165) is 16.6 Å². The molecule has 5 rings (SSSR count). The van der Waals surface area contributed by atoms with Crippen molar-refractivity contribution in [2.45, 2.75) is 12.8 Å². The highest BCUT2D eigenvalue weighted by molar-refractivity contribution is 7.14. The number of amides is 1. The second-order valence-corrected chi connectivity index (χ2v) is 10.5. The fourth-order valence-corrected chi connectivity index (χ4v) is 5.53. The van der Waals surface area contributed by atoms with Gasteiger partial charge in [0.05, 0.1) is 12.3 Å². The van der Waals surface area contributed by atoms with Crippen LogP contribution in [0.1, 0.15) is 12.0 Å². The molecule has 0 spiro atoms. The van der Waals surface area contributed by atoms with Crippen molar-refractivity contribution < 1.29 is 28.2 Å². The molecule has 2 aromatic carbocycles. The predicted molar refractivity (Wildman–Crippen MR) is 153 cm³/mol. The van der Waals surface area contributed by atoms with Crippen LogP contribution < -0.4 is 9.64 Å². The third kappa shape index (κ3) is 5.94. The average molecular weight is 577 g/mol. The lowest BCUT2D eigenvalue weighted by atomic mass is 9.95. The molecule has 0 bridgehead atoms. The van der Waals surface area contributed by atoms with Gasteiger partial charge >= 0.3 is 5.97 Å². The number of aliphatic carboxylic acids is 1. The Bertz CT molecular complexity index is 1720. The zero-order valence-corrected chi connectivity index (χ0v) is 23.1. The van der Waals surface area contributed by atoms with Crippen LogP contribution in [0.15, 0.2) is 73.1 Å². The summed E-state index contributed by atoms with van der Waals surface area (Å²) in [6.45, 7) is -1.06. The van der Waals surface area contributed by atoms with E-state index in [0.29, 0.717) is 28.0 Å². The largest absolute Gasteiger partial charge is 0.481 e. The van der Waals surface area contributed by atoms with Crippen LogP contribution in [0.2, 0.25) is 0 Å². The maximum Gasteiger partial charge on any atom is 0.304 e. The summed E-state index contributed by atoms with van der Waals surface area (Å²) in [5.41, 5.74) is 3.15. The lowest BCUT2D eigenvalue weighted by molar-refractivity contribution is -0.140. The van der Waals surface area contributed by atoms with Crippen molar-refractivity contribution in [3.05, 3.63) is 83.8 Å². The van der Waals surface area contributed by atoms with Gasteiger partial charge < -0.3 is 14.4 Å². The van der Waals surface area contributed by atoms with E-state index in [-0.39, 0.29) is 29.4 Å². The van der Waals surface area contributed by atoms with Gasteiger partial charge in [0.1, 0.15) is 17.1 Å². The molecular formula is C30H26F2N4O4S. The molecule has 5 aromatic rings. The van der Waals surface area contributed by atoms with Crippen LogP contribution in [0.4, 0.5) is 13.9 Å². The second-order valence-electron chi connectivity index (χ2n) is 9.52. The summed E-state index contributed by atoms with van der Waals surface area (Å²) in [7, 11) is 3.33. The molecule has 0 aliphatic carbocycles. The topological polar surface area (TPSA) is 97.6 Å². The molecule has 1 N–H and O–H groups in total. The van der Waals surface area contributed by atoms with Gasteiger partial charge in [0.2, 0.25) is 17.9 Å². The number of aryl methyl sites for hydroxylation is 1. The maximum absolute atomic E-state index is 15.5. The molecule has 1 unspecified atom stereocenters. The summed E-state index contributed by atoms with van der Waals surface area (Å²) in [5, 5.41) is 9.73. The first-order valence-electron chi connectivity index (χ1n) is 12.7. The number of thiazole rings is 1. The summed E-state index contributed by atoms with van der Waals surface area (Å²) in [6.07, 6.45) is 3.37. The highest BCUT2D eigenvalue weighted by Crippen LogP contribution is 2.40. The molecule has 0 fully saturated rings. The number of nitrogens with zero attached hydrogens (tertiary/aromatic N) is 4. The van der Waals surface area contributed by atoms with Crippen LogP contribution in [-0.2, 0) is 23.1 Å². The molecule has 8 nitrogen and oxygen atoms in total. The second kappa shape index (κ2) is 11.8. The number of hydrogen-bond donors (Lipinski definition) is 1. The van der Waals surface area contributed by atoms with E-state index < -0.39 is 29.8 Å². The molecule has 0 radical (unpaired) electrons. The Morgan fingerprint density at radius 3 is 2.63 bits per heavy atom. The molecule has 3 heterocycles. The molecule has 1 atom stereocenters. The number of ether oxygens (including phenoxy) is 1. The number of rotatable bonds is 10. The van der Waals surface area contributed by atoms with E-state index in [9.17, 15) is 19.1 Å². The number of carboxylic acids is 1. The number of halogens is 2. The maximum atomic E-state index is 15.5. The third-order valence-corrected chi connectivity index (χ3v) is 7.69. The van der Waals surface area contributed by atoms with E-state index in [1.54, 1.807) is 18.3 Å². The average Bonchev–Trinajstić information content (AvgIpc) is 3.54. The fourth-order valence-electron chi connectivity index (χ4n) is 4.75. The Balaban J connectivity index is 1.52. The highest BCUT2D eigenvalue weighted by Gasteiger charge is 2.29. The highest BCUT2D eigenvalue weighted by atomic mass is 32.1. The number of carboxylic acid groups (broad SMARTS) is 1. The van der Waals surface area contributed by atoms with E-state index in [4.69, 9.17) is 4.74 Å². The summed E-state index contributed by atoms with van der Waals surface area (Å²) in [6, 6.07) is 17.7. The quantitative estimate of drug-likeness (QED) is 0.216. The summed E-state index contributed by atoms with van der Waals surface area (Å²) >= 11 is 0.663. The minimum atomic E-state index is -1.11. The summed E-state index contributed by atoms with van der Waals surface area (Å²) in [4.78, 5) is 35.2. The Labute approximate surface area is 238 Å². The number of hydrogen-bond acceptors (Lipinski definition) is 6. The monoisotopic (exact) mass is 576 g/mol. The Morgan fingerprint density at radius 2 is 1.90 bits per heavy atom. The van der Waals surface area contributed by atoms with E-state index in [1.807, 2.05) is 60.3 Å². The van der Waals surface area contributed by atoms with Crippen LogP contribution in [0.3, 0.4) is 0 Å². The van der Waals surface area contributed by atoms with Crippen LogP contribution in [0, 0.1) is 11.0 Å². The lowest BCUT2D eigenvalue weighted by Gasteiger charge is -2.21. The van der Waals surface area contributed by atoms with Crippen molar-refractivity contribution in [3.8, 4) is 28.1 Å². The normalized spacial score (nSPS) is 11.9. The smallest absolute Gasteiger partial charge is 0.304 e. The summed E-state index contributed by atoms with van der Waals surface area (Å²) in [5.74, 6) is -2.30. The van der Waals surface area contributed by atoms with Crippen molar-refractivity contribution in [2.75, 3.05) is 18.8 Å². The number of carbonyl (C=O) groups excluding carboxylic acids is 1. The molecule has 0 aliphatic heterocycles. The number of carbonyl (C=O) groups is 2. The Hall–Kier alpha value is -4.64. The standard InChI is InChI=1S/C30H26F2N4O4S/c1-35-11-10-19-13-21(16-33-28(19)35)23-9-8-22(40-17-31)15-24(23)26-27(32)41-30(34-26)36(2)29(39)20(14-25(37)38)12-18-6-4-3-5-7-18/h3-11,13,15-16,20H,12,14,17H2,1-2H3,(H,37,38). The fraction of sp³-hybridized carbons (Fsp3) is 0.200. The molecule has 0 saturated heterocycles. The minimum Gasteiger partial charge on any atom is -0.481 e. The van der Waals surface area contributed by atoms with Crippen molar-refractivity contribution in [2.24, 2.45) is 13.0 Å². The Kier molecular flexibility index (Phi) is 8.06. The van der Waals surface area contributed by atoms with E-state index in [2.05, 4.69) is 9.97 Å². The van der Waals surface area contributed by atoms with Gasteiger partial charge in [0.15, 0.2) is 5.13 Å². The Morgan fingerprint density at radius 1 is 1.12 bits per heavy atom. The number of anilines is 1. The van der Waals surface area contributed by atoms with Crippen molar-refractivity contribution >= 4 is 39.4 Å². The zero-order chi connectivity index (χ0) is 29.1. The van der Waals surface area contributed by atoms with Crippen LogP contribution in [0.25, 0.3) is 33.4 Å². The van der Waals surface area contributed by atoms with Crippen LogP contribution in [0.5, 0.6) is 5.75 Å². The first-order chi connectivity index (χ1) is 19.7. The van der Waals surface area contributed by atoms with Gasteiger partial charge in [-0.05, 0) is 47.9 Å². The molecule has 1 amide bonds. The van der Waals surface area contributed by atoms with E-state index >= 15 is 4.39 Å². The number of benzene rings is 2. The van der Waals surface area contributed by atoms with Gasteiger partial charge in [-0.3, -0.25) is 14.5 Å². The number of alkyl halides is 1. The van der Waals surface area contributed by atoms with Gasteiger partial charge in [0, 0.05) is 43.0 Å². The molecular weight excluding hydrogens is 550 g/mol. The molecule has 0 aliphatic rings. The van der Waals surface area contributed by atoms with Crippen LogP contribution in [-0.4, -0.2) is 45.4 Å². The van der Waals surface area contributed by atoms with Gasteiger partial charge in [-0.2, -0.15) is 4.39 Å². The molecule has 210 valence electrons. The lowest BCUT2D eigenvalue weighted by Crippen LogP contribution is -2.35. The van der Waals surface area contributed by atoms with Gasteiger partial charge in [-0.25, -0.2) is 14.4 Å². The number of aromatic nitrogens is 3. The van der Waals surface area contributed by atoms with Crippen LogP contribution >= 0.6 is 11.3 Å². The van der Waals surface area contributed by atoms with Crippen molar-refractivity contribution in [3.63, 3.8) is 0 Å². The SMILES string of the molecule is CN(C(=O)C(CC(=O)O)Cc1ccccc1)c1nc(-c2cc(OCF)ccc2-c2cnc3c(ccn3C)c2)c(F)s1. The molecule has 41 heavy (non-hydrogen) atoms.